The van der Waals surface area contributed by atoms with Crippen molar-refractivity contribution in [3.8, 4) is 0 Å². The summed E-state index contributed by atoms with van der Waals surface area (Å²) in [7, 11) is 0. The van der Waals surface area contributed by atoms with Crippen LogP contribution in [0.15, 0.2) is 133 Å². The Balaban J connectivity index is 1.42. The van der Waals surface area contributed by atoms with Crippen LogP contribution < -0.4 is 0 Å². The highest BCUT2D eigenvalue weighted by atomic mass is 16.6. The predicted octanol–water partition coefficient (Wildman–Crippen LogP) is 7.80. The molecule has 2 aliphatic rings. The van der Waals surface area contributed by atoms with Crippen LogP contribution in [-0.4, -0.2) is 25.4 Å². The van der Waals surface area contributed by atoms with Gasteiger partial charge in [0.2, 0.25) is 0 Å². The van der Waals surface area contributed by atoms with Crippen molar-refractivity contribution < 1.29 is 14.2 Å². The van der Waals surface area contributed by atoms with Gasteiger partial charge in [0, 0.05) is 12.8 Å². The first-order valence-electron chi connectivity index (χ1n) is 13.8. The lowest BCUT2D eigenvalue weighted by molar-refractivity contribution is -0.186. The lowest BCUT2D eigenvalue weighted by Gasteiger charge is -2.43. The maximum Gasteiger partial charge on any atom is 0.126 e. The van der Waals surface area contributed by atoms with Crippen LogP contribution in [0.1, 0.15) is 35.1 Å². The second-order valence-corrected chi connectivity index (χ2v) is 10.3. The molecule has 0 bridgehead atoms. The maximum atomic E-state index is 7.57. The fourth-order valence-electron chi connectivity index (χ4n) is 5.47. The van der Waals surface area contributed by atoms with Gasteiger partial charge in [-0.3, -0.25) is 0 Å². The molecule has 2 aliphatic heterocycles. The molecule has 2 heterocycles. The third kappa shape index (κ3) is 5.81. The molecule has 2 saturated heterocycles. The quantitative estimate of drug-likeness (QED) is 0.181. The molecule has 2 fully saturated rings. The summed E-state index contributed by atoms with van der Waals surface area (Å²) in [5.41, 5.74) is 3.24. The Morgan fingerprint density at radius 3 is 1.21 bits per heavy atom. The molecule has 3 nitrogen and oxygen atoms in total. The molecule has 39 heavy (non-hydrogen) atoms. The first-order chi connectivity index (χ1) is 19.3. The minimum absolute atomic E-state index is 0.0414. The van der Waals surface area contributed by atoms with Crippen molar-refractivity contribution in [1.29, 1.82) is 0 Å². The van der Waals surface area contributed by atoms with Gasteiger partial charge in [0.1, 0.15) is 23.4 Å². The number of ether oxygens (including phenoxy) is 3. The Bertz CT molecular complexity index is 1270. The van der Waals surface area contributed by atoms with E-state index in [2.05, 4.69) is 133 Å². The summed E-state index contributed by atoms with van der Waals surface area (Å²) in [5, 5.41) is 0. The van der Waals surface area contributed by atoms with E-state index in [1.807, 2.05) is 12.1 Å². The third-order valence-electron chi connectivity index (χ3n) is 7.66. The second kappa shape index (κ2) is 11.5. The SMILES string of the molecule is C(=Cc1ccccc1)CC(OC(CC=Cc1ccccc1)(c1ccccc1)C1CO1)(c1ccccc1)C1CO1. The van der Waals surface area contributed by atoms with Gasteiger partial charge in [-0.2, -0.15) is 0 Å². The molecule has 0 radical (unpaired) electrons. The van der Waals surface area contributed by atoms with Gasteiger partial charge >= 0.3 is 0 Å². The zero-order valence-electron chi connectivity index (χ0n) is 22.1. The van der Waals surface area contributed by atoms with Gasteiger partial charge in [-0.1, -0.05) is 146 Å². The van der Waals surface area contributed by atoms with E-state index in [0.29, 0.717) is 26.1 Å². The van der Waals surface area contributed by atoms with Crippen LogP contribution in [0, 0.1) is 0 Å². The molecule has 6 rings (SSSR count). The van der Waals surface area contributed by atoms with Crippen LogP contribution >= 0.6 is 0 Å². The lowest BCUT2D eigenvalue weighted by atomic mass is 9.81. The highest BCUT2D eigenvalue weighted by molar-refractivity contribution is 5.50. The van der Waals surface area contributed by atoms with Crippen molar-refractivity contribution in [3.05, 3.63) is 156 Å². The Hall–Kier alpha value is -3.76. The molecule has 0 N–H and O–H groups in total. The molecular weight excluding hydrogens is 480 g/mol. The van der Waals surface area contributed by atoms with Crippen LogP contribution in [0.2, 0.25) is 0 Å². The summed E-state index contributed by atoms with van der Waals surface area (Å²) in [4.78, 5) is 0. The summed E-state index contributed by atoms with van der Waals surface area (Å²) >= 11 is 0. The summed E-state index contributed by atoms with van der Waals surface area (Å²) in [6.45, 7) is 1.34. The fraction of sp³-hybridized carbons (Fsp3) is 0.222. The van der Waals surface area contributed by atoms with Crippen molar-refractivity contribution in [2.45, 2.75) is 36.3 Å². The van der Waals surface area contributed by atoms with Gasteiger partial charge in [0.15, 0.2) is 0 Å². The molecule has 0 spiro atoms. The van der Waals surface area contributed by atoms with E-state index in [0.717, 1.165) is 11.1 Å². The van der Waals surface area contributed by atoms with Crippen molar-refractivity contribution in [1.82, 2.24) is 0 Å². The van der Waals surface area contributed by atoms with E-state index in [9.17, 15) is 0 Å². The summed E-state index contributed by atoms with van der Waals surface area (Å²) < 4.78 is 19.7. The van der Waals surface area contributed by atoms with E-state index in [-0.39, 0.29) is 12.2 Å². The van der Waals surface area contributed by atoms with Gasteiger partial charge < -0.3 is 14.2 Å². The highest BCUT2D eigenvalue weighted by Gasteiger charge is 2.58. The standard InChI is InChI=1S/C36H34O3/c1-5-15-29(16-6-1)19-13-25-35(33-27-37-33,31-21-9-3-10-22-31)39-36(34-28-38-34,32-23-11-4-12-24-32)26-14-20-30-17-7-2-8-18-30/h1-24,33-34H,25-28H2. The third-order valence-corrected chi connectivity index (χ3v) is 7.66. The van der Waals surface area contributed by atoms with Crippen LogP contribution in [-0.2, 0) is 25.4 Å². The summed E-state index contributed by atoms with van der Waals surface area (Å²) in [6.07, 6.45) is 10.1. The lowest BCUT2D eigenvalue weighted by Crippen LogP contribution is -2.47. The Labute approximate surface area is 231 Å². The van der Waals surface area contributed by atoms with Crippen molar-refractivity contribution >= 4 is 12.2 Å². The molecule has 0 aromatic heterocycles. The highest BCUT2D eigenvalue weighted by Crippen LogP contribution is 2.51. The van der Waals surface area contributed by atoms with Crippen molar-refractivity contribution in [2.24, 2.45) is 0 Å². The number of benzene rings is 4. The van der Waals surface area contributed by atoms with Gasteiger partial charge in [0.25, 0.3) is 0 Å². The Morgan fingerprint density at radius 1 is 0.538 bits per heavy atom. The Morgan fingerprint density at radius 2 is 0.872 bits per heavy atom. The first-order valence-corrected chi connectivity index (χ1v) is 13.8. The van der Waals surface area contributed by atoms with E-state index < -0.39 is 11.2 Å². The van der Waals surface area contributed by atoms with Gasteiger partial charge in [-0.05, 0) is 22.3 Å². The van der Waals surface area contributed by atoms with Gasteiger partial charge in [-0.25, -0.2) is 0 Å². The van der Waals surface area contributed by atoms with Crippen molar-refractivity contribution in [3.63, 3.8) is 0 Å². The number of hydrogen-bond acceptors (Lipinski definition) is 3. The summed E-state index contributed by atoms with van der Waals surface area (Å²) in [6, 6.07) is 42.0. The van der Waals surface area contributed by atoms with E-state index in [1.54, 1.807) is 0 Å². The topological polar surface area (TPSA) is 34.3 Å². The number of hydrogen-bond donors (Lipinski definition) is 0. The molecule has 4 atom stereocenters. The molecule has 4 aromatic carbocycles. The van der Waals surface area contributed by atoms with E-state index >= 15 is 0 Å². The smallest absolute Gasteiger partial charge is 0.126 e. The largest absolute Gasteiger partial charge is 0.370 e. The van der Waals surface area contributed by atoms with Crippen molar-refractivity contribution in [2.75, 3.05) is 13.2 Å². The van der Waals surface area contributed by atoms with Crippen LogP contribution in [0.5, 0.6) is 0 Å². The Kier molecular flexibility index (Phi) is 7.55. The number of rotatable bonds is 12. The minimum Gasteiger partial charge on any atom is -0.370 e. The molecule has 0 amide bonds. The monoisotopic (exact) mass is 514 g/mol. The average molecular weight is 515 g/mol. The minimum atomic E-state index is -0.672. The molecule has 4 unspecified atom stereocenters. The second-order valence-electron chi connectivity index (χ2n) is 10.3. The molecule has 196 valence electrons. The summed E-state index contributed by atoms with van der Waals surface area (Å²) in [5.74, 6) is 0. The fourth-order valence-corrected chi connectivity index (χ4v) is 5.47. The first kappa shape index (κ1) is 25.5. The molecule has 0 aliphatic carbocycles. The molecule has 4 aromatic rings. The molecular formula is C36H34O3. The average Bonchev–Trinajstić information content (AvgIpc) is 3.92. The molecule has 3 heteroatoms. The van der Waals surface area contributed by atoms with Crippen LogP contribution in [0.4, 0.5) is 0 Å². The van der Waals surface area contributed by atoms with E-state index in [4.69, 9.17) is 14.2 Å². The number of epoxide rings is 2. The van der Waals surface area contributed by atoms with E-state index in [1.165, 1.54) is 11.1 Å². The predicted molar refractivity (Wildman–Crippen MR) is 157 cm³/mol. The van der Waals surface area contributed by atoms with Crippen LogP contribution in [0.3, 0.4) is 0 Å². The normalized spacial score (nSPS) is 21.4. The van der Waals surface area contributed by atoms with Gasteiger partial charge in [-0.15, -0.1) is 0 Å². The van der Waals surface area contributed by atoms with Gasteiger partial charge in [0.05, 0.1) is 13.2 Å². The zero-order chi connectivity index (χ0) is 26.4. The molecule has 0 saturated carbocycles. The maximum absolute atomic E-state index is 7.57. The zero-order valence-corrected chi connectivity index (χ0v) is 22.1. The van der Waals surface area contributed by atoms with Crippen LogP contribution in [0.25, 0.3) is 12.2 Å².